The van der Waals surface area contributed by atoms with Crippen LogP contribution in [0.5, 0.6) is 5.75 Å². The van der Waals surface area contributed by atoms with Crippen LogP contribution in [0.15, 0.2) is 23.1 Å². The maximum atomic E-state index is 11.2. The van der Waals surface area contributed by atoms with E-state index in [1.807, 2.05) is 18.2 Å². The van der Waals surface area contributed by atoms with Crippen LogP contribution >= 0.6 is 22.6 Å². The first-order valence-corrected chi connectivity index (χ1v) is 5.48. The van der Waals surface area contributed by atoms with Gasteiger partial charge in [0, 0.05) is 20.8 Å². The smallest absolute Gasteiger partial charge is 0.250 e. The molecule has 0 aromatic heterocycles. The van der Waals surface area contributed by atoms with Gasteiger partial charge >= 0.3 is 0 Å². The largest absolute Gasteiger partial charge is 0.609 e. The van der Waals surface area contributed by atoms with E-state index in [1.165, 1.54) is 0 Å². The second kappa shape index (κ2) is 2.84. The Morgan fingerprint density at radius 1 is 1.55 bits per heavy atom. The zero-order chi connectivity index (χ0) is 7.84. The fourth-order valence-electron chi connectivity index (χ4n) is 0.960. The Morgan fingerprint density at radius 2 is 2.36 bits per heavy atom. The standard InChI is InChI=1S/C7H5IO2S/c8-5-1-2-6-7(3-5)11(9)4-10-6/h1-3H,4H2. The van der Waals surface area contributed by atoms with Crippen LogP contribution in [0.1, 0.15) is 0 Å². The molecule has 0 N–H and O–H groups in total. The van der Waals surface area contributed by atoms with Crippen LogP contribution in [0.4, 0.5) is 0 Å². The molecule has 0 fully saturated rings. The van der Waals surface area contributed by atoms with Crippen molar-refractivity contribution in [3.05, 3.63) is 21.8 Å². The fourth-order valence-corrected chi connectivity index (χ4v) is 2.63. The summed E-state index contributed by atoms with van der Waals surface area (Å²) in [6.07, 6.45) is 0. The van der Waals surface area contributed by atoms with Gasteiger partial charge in [-0.25, -0.2) is 0 Å². The molecular formula is C7H5IO2S. The van der Waals surface area contributed by atoms with Crippen molar-refractivity contribution in [3.63, 3.8) is 0 Å². The van der Waals surface area contributed by atoms with E-state index in [2.05, 4.69) is 22.6 Å². The highest BCUT2D eigenvalue weighted by atomic mass is 127. The van der Waals surface area contributed by atoms with Gasteiger partial charge in [0.2, 0.25) is 0 Å². The first kappa shape index (κ1) is 7.70. The molecule has 1 unspecified atom stereocenters. The van der Waals surface area contributed by atoms with Crippen LogP contribution in [0.3, 0.4) is 0 Å². The van der Waals surface area contributed by atoms with Crippen molar-refractivity contribution in [1.82, 2.24) is 0 Å². The first-order chi connectivity index (χ1) is 5.27. The summed E-state index contributed by atoms with van der Waals surface area (Å²) >= 11 is 1.26. The normalized spacial score (nSPS) is 21.1. The molecule has 58 valence electrons. The number of rotatable bonds is 0. The first-order valence-electron chi connectivity index (χ1n) is 3.08. The SMILES string of the molecule is [O-][S+]1COc2ccc(I)cc21. The number of benzene rings is 1. The number of ether oxygens (including phenoxy) is 1. The molecule has 0 radical (unpaired) electrons. The lowest BCUT2D eigenvalue weighted by Crippen LogP contribution is -2.01. The van der Waals surface area contributed by atoms with Gasteiger partial charge in [0.25, 0.3) is 5.94 Å². The summed E-state index contributed by atoms with van der Waals surface area (Å²) in [4.78, 5) is 0.830. The summed E-state index contributed by atoms with van der Waals surface area (Å²) in [6.45, 7) is 0. The molecule has 2 rings (SSSR count). The lowest BCUT2D eigenvalue weighted by Gasteiger charge is -1.98. The predicted molar refractivity (Wildman–Crippen MR) is 51.1 cm³/mol. The molecule has 4 heteroatoms. The van der Waals surface area contributed by atoms with E-state index < -0.39 is 11.2 Å². The Hall–Kier alpha value is 0.0600. The lowest BCUT2D eigenvalue weighted by atomic mass is 10.3. The van der Waals surface area contributed by atoms with Gasteiger partial charge in [0.05, 0.1) is 0 Å². The van der Waals surface area contributed by atoms with Crippen molar-refractivity contribution in [2.24, 2.45) is 0 Å². The highest BCUT2D eigenvalue weighted by Gasteiger charge is 2.25. The quantitative estimate of drug-likeness (QED) is 0.535. The molecule has 1 aromatic carbocycles. The summed E-state index contributed by atoms with van der Waals surface area (Å²) in [5.41, 5.74) is 0. The van der Waals surface area contributed by atoms with E-state index in [4.69, 9.17) is 4.74 Å². The van der Waals surface area contributed by atoms with Crippen LogP contribution in [-0.4, -0.2) is 10.5 Å². The molecule has 0 saturated heterocycles. The van der Waals surface area contributed by atoms with Crippen LogP contribution in [0.25, 0.3) is 0 Å². The van der Waals surface area contributed by atoms with Gasteiger partial charge in [0.1, 0.15) is 0 Å². The van der Waals surface area contributed by atoms with Crippen molar-refractivity contribution in [1.29, 1.82) is 0 Å². The van der Waals surface area contributed by atoms with E-state index in [-0.39, 0.29) is 0 Å². The molecular weight excluding hydrogens is 275 g/mol. The molecule has 0 aliphatic carbocycles. The van der Waals surface area contributed by atoms with Gasteiger partial charge in [-0.05, 0) is 34.7 Å². The Kier molecular flexibility index (Phi) is 1.98. The van der Waals surface area contributed by atoms with Gasteiger partial charge in [0.15, 0.2) is 10.6 Å². The Morgan fingerprint density at radius 3 is 3.18 bits per heavy atom. The predicted octanol–water partition coefficient (Wildman–Crippen LogP) is 1.75. The molecule has 11 heavy (non-hydrogen) atoms. The summed E-state index contributed by atoms with van der Waals surface area (Å²) in [6, 6.07) is 5.71. The van der Waals surface area contributed by atoms with E-state index in [9.17, 15) is 4.55 Å². The summed E-state index contributed by atoms with van der Waals surface area (Å²) < 4.78 is 17.5. The maximum absolute atomic E-state index is 11.2. The third kappa shape index (κ3) is 1.34. The molecule has 1 aliphatic rings. The minimum absolute atomic E-state index is 0.315. The zero-order valence-corrected chi connectivity index (χ0v) is 8.52. The second-order valence-corrected chi connectivity index (χ2v) is 4.81. The van der Waals surface area contributed by atoms with Gasteiger partial charge < -0.3 is 9.29 Å². The average molecular weight is 280 g/mol. The molecule has 0 saturated carbocycles. The van der Waals surface area contributed by atoms with Crippen molar-refractivity contribution >= 4 is 33.8 Å². The highest BCUT2D eigenvalue weighted by Crippen LogP contribution is 2.32. The van der Waals surface area contributed by atoms with Crippen molar-refractivity contribution < 1.29 is 9.29 Å². The third-order valence-electron chi connectivity index (χ3n) is 1.47. The third-order valence-corrected chi connectivity index (χ3v) is 3.29. The number of hydrogen-bond acceptors (Lipinski definition) is 2. The van der Waals surface area contributed by atoms with Gasteiger partial charge in [-0.1, -0.05) is 0 Å². The molecule has 0 amide bonds. The Balaban J connectivity index is 2.52. The molecule has 0 spiro atoms. The minimum Gasteiger partial charge on any atom is -0.609 e. The van der Waals surface area contributed by atoms with Gasteiger partial charge in [-0.2, -0.15) is 0 Å². The van der Waals surface area contributed by atoms with E-state index >= 15 is 0 Å². The van der Waals surface area contributed by atoms with E-state index in [0.717, 1.165) is 14.2 Å². The molecule has 1 heterocycles. The monoisotopic (exact) mass is 280 g/mol. The molecule has 1 atom stereocenters. The Labute approximate surface area is 81.3 Å². The van der Waals surface area contributed by atoms with Gasteiger partial charge in [-0.15, -0.1) is 0 Å². The lowest BCUT2D eigenvalue weighted by molar-refractivity contribution is 0.389. The fraction of sp³-hybridized carbons (Fsp3) is 0.143. The zero-order valence-electron chi connectivity index (χ0n) is 5.54. The van der Waals surface area contributed by atoms with Crippen LogP contribution in [0, 0.1) is 3.57 Å². The topological polar surface area (TPSA) is 32.3 Å². The van der Waals surface area contributed by atoms with Gasteiger partial charge in [-0.3, -0.25) is 0 Å². The number of halogens is 1. The summed E-state index contributed by atoms with van der Waals surface area (Å²) in [7, 11) is 0. The second-order valence-electron chi connectivity index (χ2n) is 2.20. The number of hydrogen-bond donors (Lipinski definition) is 0. The minimum atomic E-state index is -0.935. The van der Waals surface area contributed by atoms with E-state index in [1.54, 1.807) is 0 Å². The summed E-state index contributed by atoms with van der Waals surface area (Å²) in [5.74, 6) is 1.08. The molecule has 2 nitrogen and oxygen atoms in total. The van der Waals surface area contributed by atoms with Crippen molar-refractivity contribution in [2.45, 2.75) is 4.90 Å². The van der Waals surface area contributed by atoms with Crippen LogP contribution in [0.2, 0.25) is 0 Å². The summed E-state index contributed by atoms with van der Waals surface area (Å²) in [5, 5.41) is 0. The molecule has 0 bridgehead atoms. The van der Waals surface area contributed by atoms with E-state index in [0.29, 0.717) is 5.94 Å². The van der Waals surface area contributed by atoms with Crippen molar-refractivity contribution in [2.75, 3.05) is 5.94 Å². The average Bonchev–Trinajstić information content (AvgIpc) is 2.33. The Bertz CT molecular complexity index is 290. The molecule has 1 aliphatic heterocycles. The van der Waals surface area contributed by atoms with Crippen LogP contribution < -0.4 is 4.74 Å². The van der Waals surface area contributed by atoms with Crippen LogP contribution in [-0.2, 0) is 11.2 Å². The maximum Gasteiger partial charge on any atom is 0.250 e. The number of fused-ring (bicyclic) bond motifs is 1. The highest BCUT2D eigenvalue weighted by molar-refractivity contribution is 14.1. The van der Waals surface area contributed by atoms with Crippen molar-refractivity contribution in [3.8, 4) is 5.75 Å². The molecule has 1 aromatic rings.